The quantitative estimate of drug-likeness (QED) is 0.384. The topological polar surface area (TPSA) is 150 Å². The van der Waals surface area contributed by atoms with Crippen LogP contribution in [0.1, 0.15) is 56.1 Å². The maximum atomic E-state index is 12.5. The predicted octanol–water partition coefficient (Wildman–Crippen LogP) is 3.73. The van der Waals surface area contributed by atoms with Gasteiger partial charge in [0.15, 0.2) is 0 Å². The number of aromatic amines is 1. The summed E-state index contributed by atoms with van der Waals surface area (Å²) in [6.07, 6.45) is 4.06. The van der Waals surface area contributed by atoms with Gasteiger partial charge >= 0.3 is 6.09 Å². The van der Waals surface area contributed by atoms with Crippen molar-refractivity contribution >= 4 is 35.5 Å². The van der Waals surface area contributed by atoms with Gasteiger partial charge in [0.25, 0.3) is 0 Å². The summed E-state index contributed by atoms with van der Waals surface area (Å²) in [5, 5.41) is 10.3. The Balaban J connectivity index is 1.34. The number of nitrogens with zero attached hydrogens (tertiary/aromatic N) is 5. The normalized spacial score (nSPS) is 18.1. The number of amides is 1. The monoisotopic (exact) mass is 546 g/mol. The third kappa shape index (κ3) is 5.49. The Morgan fingerprint density at radius 2 is 1.88 bits per heavy atom. The van der Waals surface area contributed by atoms with E-state index in [0.29, 0.717) is 49.2 Å². The summed E-state index contributed by atoms with van der Waals surface area (Å²) in [4.78, 5) is 31.4. The number of anilines is 3. The van der Waals surface area contributed by atoms with E-state index in [9.17, 15) is 9.90 Å². The van der Waals surface area contributed by atoms with Crippen LogP contribution in [0.2, 0.25) is 0 Å². The third-order valence-electron chi connectivity index (χ3n) is 7.33. The molecule has 6 N–H and O–H groups in total. The van der Waals surface area contributed by atoms with Gasteiger partial charge in [-0.2, -0.15) is 4.98 Å². The minimum absolute atomic E-state index is 0.0695. The van der Waals surface area contributed by atoms with E-state index in [0.717, 1.165) is 35.6 Å². The highest BCUT2D eigenvalue weighted by atomic mass is 16.6. The first-order valence-corrected chi connectivity index (χ1v) is 13.6. The lowest BCUT2D eigenvalue weighted by atomic mass is 9.95. The van der Waals surface area contributed by atoms with Gasteiger partial charge in [-0.05, 0) is 52.0 Å². The zero-order valence-electron chi connectivity index (χ0n) is 23.5. The van der Waals surface area contributed by atoms with Gasteiger partial charge in [-0.25, -0.2) is 9.78 Å². The molecule has 2 aliphatic heterocycles. The Morgan fingerprint density at radius 3 is 2.58 bits per heavy atom. The van der Waals surface area contributed by atoms with E-state index in [2.05, 4.69) is 26.7 Å². The summed E-state index contributed by atoms with van der Waals surface area (Å²) in [7, 11) is 0. The molecule has 1 amide bonds. The molecule has 1 atom stereocenters. The number of aromatic nitrogens is 3. The molecule has 2 aromatic heterocycles. The molecule has 40 heavy (non-hydrogen) atoms. The zero-order chi connectivity index (χ0) is 28.6. The van der Waals surface area contributed by atoms with Crippen LogP contribution >= 0.6 is 0 Å². The molecule has 0 aliphatic carbocycles. The number of nitrogens with two attached hydrogens (primary N) is 2. The van der Waals surface area contributed by atoms with Gasteiger partial charge in [-0.15, -0.1) is 0 Å². The number of hydrogen-bond acceptors (Lipinski definition) is 9. The average molecular weight is 547 g/mol. The molecule has 1 unspecified atom stereocenters. The van der Waals surface area contributed by atoms with Crippen molar-refractivity contribution in [1.29, 1.82) is 0 Å². The largest absolute Gasteiger partial charge is 0.507 e. The molecule has 3 aromatic rings. The van der Waals surface area contributed by atoms with Crippen molar-refractivity contribution in [3.05, 3.63) is 58.9 Å². The number of carbonyl (C=O) groups excluding carboxylic acids is 1. The van der Waals surface area contributed by atoms with Crippen molar-refractivity contribution in [2.75, 3.05) is 48.3 Å². The number of H-pyrrole nitrogens is 1. The first-order chi connectivity index (χ1) is 19.0. The minimum Gasteiger partial charge on any atom is -0.507 e. The molecular weight excluding hydrogens is 508 g/mol. The van der Waals surface area contributed by atoms with E-state index in [1.54, 1.807) is 29.3 Å². The molecule has 4 heterocycles. The fourth-order valence-corrected chi connectivity index (χ4v) is 5.34. The van der Waals surface area contributed by atoms with Gasteiger partial charge in [0.1, 0.15) is 23.0 Å². The zero-order valence-corrected chi connectivity index (χ0v) is 23.5. The van der Waals surface area contributed by atoms with E-state index >= 15 is 0 Å². The molecule has 11 heteroatoms. The van der Waals surface area contributed by atoms with Crippen LogP contribution in [0.4, 0.5) is 22.4 Å². The number of piperazine rings is 1. The summed E-state index contributed by atoms with van der Waals surface area (Å²) >= 11 is 0. The predicted molar refractivity (Wildman–Crippen MR) is 157 cm³/mol. The lowest BCUT2D eigenvalue weighted by molar-refractivity contribution is 0.0240. The Morgan fingerprint density at radius 1 is 1.15 bits per heavy atom. The van der Waals surface area contributed by atoms with Crippen molar-refractivity contribution in [1.82, 2.24) is 19.9 Å². The molecule has 0 saturated carbocycles. The molecular formula is C29H38N8O3. The number of benzene rings is 1. The third-order valence-corrected chi connectivity index (χ3v) is 7.33. The first-order valence-electron chi connectivity index (χ1n) is 13.6. The van der Waals surface area contributed by atoms with E-state index in [-0.39, 0.29) is 17.9 Å². The molecule has 1 fully saturated rings. The molecule has 5 rings (SSSR count). The molecule has 2 aliphatic rings. The molecule has 0 spiro atoms. The van der Waals surface area contributed by atoms with Crippen LogP contribution in [0.3, 0.4) is 0 Å². The van der Waals surface area contributed by atoms with Crippen LogP contribution in [-0.2, 0) is 11.2 Å². The second-order valence-electron chi connectivity index (χ2n) is 11.3. The van der Waals surface area contributed by atoms with Gasteiger partial charge in [0.05, 0.1) is 6.04 Å². The fourth-order valence-electron chi connectivity index (χ4n) is 5.34. The lowest BCUT2D eigenvalue weighted by Gasteiger charge is -2.37. The highest BCUT2D eigenvalue weighted by Crippen LogP contribution is 2.38. The van der Waals surface area contributed by atoms with E-state index in [1.807, 2.05) is 39.0 Å². The second-order valence-corrected chi connectivity index (χ2v) is 11.3. The number of fused-ring (bicyclic) bond motifs is 1. The summed E-state index contributed by atoms with van der Waals surface area (Å²) in [6.45, 7) is 10.9. The molecule has 0 bridgehead atoms. The van der Waals surface area contributed by atoms with Crippen molar-refractivity contribution in [2.45, 2.75) is 45.8 Å². The Kier molecular flexibility index (Phi) is 7.22. The Bertz CT molecular complexity index is 1420. The molecule has 1 aromatic carbocycles. The smallest absolute Gasteiger partial charge is 0.410 e. The number of ether oxygens (including phenoxy) is 1. The second kappa shape index (κ2) is 10.6. The minimum atomic E-state index is -0.518. The van der Waals surface area contributed by atoms with E-state index in [4.69, 9.17) is 21.2 Å². The fraction of sp³-hybridized carbons (Fsp3) is 0.414. The summed E-state index contributed by atoms with van der Waals surface area (Å²) in [5.41, 5.74) is 16.2. The standard InChI is InChI=1S/C29H38N8O3/c1-18-25-20(17-21(30)19-7-5-6-8-23(19)38)26(31)33-22(25)10-12-37(18)27-32-11-9-24(34-27)35-13-15-36(16-14-35)28(39)40-29(2,3)4/h5-9,11,17-18,33,38H,10,12-16,30-31H2,1-4H3/b21-17-. The molecule has 11 nitrogen and oxygen atoms in total. The van der Waals surface area contributed by atoms with Crippen LogP contribution in [0.25, 0.3) is 11.8 Å². The number of phenols is 1. The number of nitrogens with one attached hydrogen (secondary N) is 1. The van der Waals surface area contributed by atoms with Crippen LogP contribution < -0.4 is 21.3 Å². The molecule has 212 valence electrons. The number of aromatic hydroxyl groups is 1. The van der Waals surface area contributed by atoms with Gasteiger partial charge in [-0.3, -0.25) is 0 Å². The average Bonchev–Trinajstić information content (AvgIpc) is 3.23. The number of nitrogen functional groups attached to an aromatic ring is 1. The lowest BCUT2D eigenvalue weighted by Crippen LogP contribution is -2.50. The van der Waals surface area contributed by atoms with Crippen LogP contribution in [0, 0.1) is 0 Å². The SMILES string of the molecule is CC1c2c([nH]c(N)c2/C=C(\N)c2ccccc2O)CCN1c1nccc(N2CCN(C(=O)OC(C)(C)C)CC2)n1. The maximum Gasteiger partial charge on any atom is 0.410 e. The molecule has 1 saturated heterocycles. The molecule has 0 radical (unpaired) electrons. The van der Waals surface area contributed by atoms with E-state index < -0.39 is 5.60 Å². The summed E-state index contributed by atoms with van der Waals surface area (Å²) in [5.74, 6) is 2.11. The number of rotatable bonds is 4. The van der Waals surface area contributed by atoms with Crippen LogP contribution in [0.5, 0.6) is 5.75 Å². The van der Waals surface area contributed by atoms with Crippen LogP contribution in [0.15, 0.2) is 36.5 Å². The van der Waals surface area contributed by atoms with Crippen molar-refractivity contribution in [2.24, 2.45) is 5.73 Å². The van der Waals surface area contributed by atoms with E-state index in [1.165, 1.54) is 0 Å². The van der Waals surface area contributed by atoms with Crippen molar-refractivity contribution < 1.29 is 14.6 Å². The number of para-hydroxylation sites is 1. The maximum absolute atomic E-state index is 12.5. The summed E-state index contributed by atoms with van der Waals surface area (Å²) < 4.78 is 5.52. The first kappa shape index (κ1) is 27.2. The number of hydrogen-bond donors (Lipinski definition) is 4. The van der Waals surface area contributed by atoms with Crippen molar-refractivity contribution in [3.63, 3.8) is 0 Å². The van der Waals surface area contributed by atoms with Gasteiger partial charge in [0, 0.05) is 73.4 Å². The van der Waals surface area contributed by atoms with Gasteiger partial charge in [-0.1, -0.05) is 12.1 Å². The van der Waals surface area contributed by atoms with Crippen LogP contribution in [-0.4, -0.2) is 69.4 Å². The number of carbonyl (C=O) groups is 1. The Labute approximate surface area is 234 Å². The number of phenolic OH excluding ortho intramolecular Hbond substituents is 1. The summed E-state index contributed by atoms with van der Waals surface area (Å²) in [6, 6.07) is 8.81. The van der Waals surface area contributed by atoms with Gasteiger partial charge < -0.3 is 41.0 Å². The Hall–Kier alpha value is -4.41. The van der Waals surface area contributed by atoms with Crippen molar-refractivity contribution in [3.8, 4) is 5.75 Å². The van der Waals surface area contributed by atoms with Gasteiger partial charge in [0.2, 0.25) is 5.95 Å². The highest BCUT2D eigenvalue weighted by molar-refractivity contribution is 5.86. The highest BCUT2D eigenvalue weighted by Gasteiger charge is 2.32.